The number of nitrogens with one attached hydrogen (secondary N) is 1. The zero-order chi connectivity index (χ0) is 9.31. The smallest absolute Gasteiger partial charge is 0.146 e. The number of para-hydroxylation sites is 2. The van der Waals surface area contributed by atoms with Gasteiger partial charge >= 0.3 is 0 Å². The van der Waals surface area contributed by atoms with Gasteiger partial charge in [-0.05, 0) is 19.1 Å². The number of aliphatic hydroxyl groups is 1. The van der Waals surface area contributed by atoms with Gasteiger partial charge in [0.15, 0.2) is 0 Å². The van der Waals surface area contributed by atoms with Crippen molar-refractivity contribution >= 4 is 5.69 Å². The second-order valence-corrected chi connectivity index (χ2v) is 3.56. The summed E-state index contributed by atoms with van der Waals surface area (Å²) in [6.45, 7) is 2.55. The molecule has 0 saturated carbocycles. The molecule has 0 aliphatic carbocycles. The van der Waals surface area contributed by atoms with Gasteiger partial charge in [0.05, 0.1) is 18.8 Å². The number of benzene rings is 1. The summed E-state index contributed by atoms with van der Waals surface area (Å²) in [5, 5.41) is 12.3. The summed E-state index contributed by atoms with van der Waals surface area (Å²) in [6.07, 6.45) is 0. The van der Waals surface area contributed by atoms with Crippen LogP contribution in [0.1, 0.15) is 6.92 Å². The first-order valence-corrected chi connectivity index (χ1v) is 4.36. The first-order valence-electron chi connectivity index (χ1n) is 4.36. The Kier molecular flexibility index (Phi) is 1.88. The lowest BCUT2D eigenvalue weighted by molar-refractivity contribution is 0.0311. The Morgan fingerprint density at radius 3 is 3.08 bits per heavy atom. The van der Waals surface area contributed by atoms with E-state index >= 15 is 0 Å². The SMILES string of the molecule is C[C@]1(CO)CNc2ccccc2O1. The van der Waals surface area contributed by atoms with Gasteiger partial charge < -0.3 is 15.2 Å². The lowest BCUT2D eigenvalue weighted by Crippen LogP contribution is -2.46. The highest BCUT2D eigenvalue weighted by Gasteiger charge is 2.30. The molecule has 1 aromatic rings. The minimum atomic E-state index is -0.492. The van der Waals surface area contributed by atoms with E-state index in [1.807, 2.05) is 31.2 Å². The maximum absolute atomic E-state index is 9.11. The first kappa shape index (κ1) is 8.38. The van der Waals surface area contributed by atoms with Crippen molar-refractivity contribution in [3.63, 3.8) is 0 Å². The lowest BCUT2D eigenvalue weighted by Gasteiger charge is -2.34. The van der Waals surface area contributed by atoms with Crippen LogP contribution in [0.2, 0.25) is 0 Å². The van der Waals surface area contributed by atoms with Crippen LogP contribution >= 0.6 is 0 Å². The van der Waals surface area contributed by atoms with Gasteiger partial charge in [-0.15, -0.1) is 0 Å². The normalized spacial score (nSPS) is 25.7. The fourth-order valence-corrected chi connectivity index (χ4v) is 1.37. The first-order chi connectivity index (χ1) is 6.23. The van der Waals surface area contributed by atoms with Crippen LogP contribution in [0.5, 0.6) is 5.75 Å². The van der Waals surface area contributed by atoms with Crippen molar-refractivity contribution in [3.8, 4) is 5.75 Å². The second-order valence-electron chi connectivity index (χ2n) is 3.56. The highest BCUT2D eigenvalue weighted by molar-refractivity contribution is 5.58. The lowest BCUT2D eigenvalue weighted by atomic mass is 10.1. The molecule has 0 aromatic heterocycles. The summed E-state index contributed by atoms with van der Waals surface area (Å²) in [7, 11) is 0. The molecular formula is C10H13NO2. The summed E-state index contributed by atoms with van der Waals surface area (Å²) in [5.41, 5.74) is 0.502. The molecule has 70 valence electrons. The number of hydrogen-bond acceptors (Lipinski definition) is 3. The molecule has 1 aliphatic heterocycles. The van der Waals surface area contributed by atoms with E-state index in [2.05, 4.69) is 5.32 Å². The summed E-state index contributed by atoms with van der Waals surface area (Å²) < 4.78 is 5.66. The van der Waals surface area contributed by atoms with Crippen LogP contribution in [0.25, 0.3) is 0 Å². The van der Waals surface area contributed by atoms with Gasteiger partial charge in [0.25, 0.3) is 0 Å². The largest absolute Gasteiger partial charge is 0.481 e. The van der Waals surface area contributed by atoms with Gasteiger partial charge in [0, 0.05) is 0 Å². The van der Waals surface area contributed by atoms with E-state index in [1.54, 1.807) is 0 Å². The Balaban J connectivity index is 2.29. The predicted octanol–water partition coefficient (Wildman–Crippen LogP) is 1.24. The number of anilines is 1. The molecule has 1 aliphatic rings. The van der Waals surface area contributed by atoms with Crippen LogP contribution in [0.15, 0.2) is 24.3 Å². The molecule has 2 rings (SSSR count). The molecule has 3 nitrogen and oxygen atoms in total. The van der Waals surface area contributed by atoms with E-state index in [1.165, 1.54) is 0 Å². The quantitative estimate of drug-likeness (QED) is 0.681. The average Bonchev–Trinajstić information content (AvgIpc) is 2.18. The summed E-state index contributed by atoms with van der Waals surface area (Å²) in [4.78, 5) is 0. The Labute approximate surface area is 77.3 Å². The van der Waals surface area contributed by atoms with E-state index in [0.29, 0.717) is 6.54 Å². The van der Waals surface area contributed by atoms with E-state index in [0.717, 1.165) is 11.4 Å². The molecule has 0 saturated heterocycles. The summed E-state index contributed by atoms with van der Waals surface area (Å²) in [6, 6.07) is 7.74. The third kappa shape index (κ3) is 1.47. The fraction of sp³-hybridized carbons (Fsp3) is 0.400. The van der Waals surface area contributed by atoms with Crippen LogP contribution in [0.4, 0.5) is 5.69 Å². The van der Waals surface area contributed by atoms with E-state index < -0.39 is 5.60 Å². The fourth-order valence-electron chi connectivity index (χ4n) is 1.37. The van der Waals surface area contributed by atoms with Crippen LogP contribution in [-0.2, 0) is 0 Å². The van der Waals surface area contributed by atoms with Crippen LogP contribution in [0.3, 0.4) is 0 Å². The van der Waals surface area contributed by atoms with Gasteiger partial charge in [0.2, 0.25) is 0 Å². The number of rotatable bonds is 1. The Morgan fingerprint density at radius 1 is 1.54 bits per heavy atom. The Morgan fingerprint density at radius 2 is 2.31 bits per heavy atom. The van der Waals surface area contributed by atoms with Crippen molar-refractivity contribution in [3.05, 3.63) is 24.3 Å². The molecule has 1 heterocycles. The molecule has 1 aromatic carbocycles. The maximum atomic E-state index is 9.11. The number of fused-ring (bicyclic) bond motifs is 1. The van der Waals surface area contributed by atoms with Gasteiger partial charge in [-0.2, -0.15) is 0 Å². The zero-order valence-corrected chi connectivity index (χ0v) is 7.58. The minimum Gasteiger partial charge on any atom is -0.481 e. The molecule has 3 heteroatoms. The van der Waals surface area contributed by atoms with E-state index in [4.69, 9.17) is 9.84 Å². The summed E-state index contributed by atoms with van der Waals surface area (Å²) >= 11 is 0. The van der Waals surface area contributed by atoms with Crippen molar-refractivity contribution in [2.24, 2.45) is 0 Å². The zero-order valence-electron chi connectivity index (χ0n) is 7.58. The predicted molar refractivity (Wildman–Crippen MR) is 51.1 cm³/mol. The third-order valence-corrected chi connectivity index (χ3v) is 2.23. The van der Waals surface area contributed by atoms with Crippen molar-refractivity contribution in [2.45, 2.75) is 12.5 Å². The molecule has 13 heavy (non-hydrogen) atoms. The van der Waals surface area contributed by atoms with Crippen LogP contribution in [0, 0.1) is 0 Å². The highest BCUT2D eigenvalue weighted by atomic mass is 16.5. The molecular weight excluding hydrogens is 166 g/mol. The minimum absolute atomic E-state index is 0.0222. The van der Waals surface area contributed by atoms with Crippen molar-refractivity contribution < 1.29 is 9.84 Å². The van der Waals surface area contributed by atoms with Crippen molar-refractivity contribution in [2.75, 3.05) is 18.5 Å². The average molecular weight is 179 g/mol. The molecule has 0 amide bonds. The molecule has 0 spiro atoms. The molecule has 0 bridgehead atoms. The topological polar surface area (TPSA) is 41.5 Å². The number of ether oxygens (including phenoxy) is 1. The van der Waals surface area contributed by atoms with Gasteiger partial charge in [0.1, 0.15) is 11.4 Å². The number of aliphatic hydroxyl groups excluding tert-OH is 1. The van der Waals surface area contributed by atoms with E-state index in [9.17, 15) is 0 Å². The summed E-state index contributed by atoms with van der Waals surface area (Å²) in [5.74, 6) is 0.810. The standard InChI is InChI=1S/C10H13NO2/c1-10(7-12)6-11-8-4-2-3-5-9(8)13-10/h2-5,11-12H,6-7H2,1H3/t10-/m1/s1. The van der Waals surface area contributed by atoms with Crippen LogP contribution in [-0.4, -0.2) is 23.9 Å². The Bertz CT molecular complexity index is 314. The van der Waals surface area contributed by atoms with Gasteiger partial charge in [-0.1, -0.05) is 12.1 Å². The molecule has 1 atom stereocenters. The molecule has 2 N–H and O–H groups in total. The van der Waals surface area contributed by atoms with Crippen molar-refractivity contribution in [1.82, 2.24) is 0 Å². The molecule has 0 fully saturated rings. The van der Waals surface area contributed by atoms with Gasteiger partial charge in [-0.25, -0.2) is 0 Å². The second kappa shape index (κ2) is 2.92. The monoisotopic (exact) mass is 179 g/mol. The van der Waals surface area contributed by atoms with Crippen molar-refractivity contribution in [1.29, 1.82) is 0 Å². The highest BCUT2D eigenvalue weighted by Crippen LogP contribution is 2.31. The third-order valence-electron chi connectivity index (χ3n) is 2.23. The maximum Gasteiger partial charge on any atom is 0.146 e. The molecule has 0 radical (unpaired) electrons. The van der Waals surface area contributed by atoms with E-state index in [-0.39, 0.29) is 6.61 Å². The van der Waals surface area contributed by atoms with Gasteiger partial charge in [-0.3, -0.25) is 0 Å². The molecule has 0 unspecified atom stereocenters. The number of hydrogen-bond donors (Lipinski definition) is 2. The Hall–Kier alpha value is -1.22. The van der Waals surface area contributed by atoms with Crippen LogP contribution < -0.4 is 10.1 Å².